The second-order valence-corrected chi connectivity index (χ2v) is 8.57. The van der Waals surface area contributed by atoms with Crippen molar-refractivity contribution in [2.45, 2.75) is 37.5 Å². The number of nitrogens with zero attached hydrogens (tertiary/aromatic N) is 3. The lowest BCUT2D eigenvalue weighted by molar-refractivity contribution is -0.139. The zero-order valence-corrected chi connectivity index (χ0v) is 17.9. The number of carbonyl (C=O) groups is 1. The second kappa shape index (κ2) is 9.09. The maximum absolute atomic E-state index is 13.2. The lowest BCUT2D eigenvalue weighted by Gasteiger charge is -2.18. The highest BCUT2D eigenvalue weighted by atomic mass is 32.2. The fraction of sp³-hybridized carbons (Fsp3) is 0.250. The van der Waals surface area contributed by atoms with Crippen molar-refractivity contribution in [3.8, 4) is 5.82 Å². The van der Waals surface area contributed by atoms with Crippen molar-refractivity contribution in [2.24, 2.45) is 0 Å². The summed E-state index contributed by atoms with van der Waals surface area (Å²) in [6.07, 6.45) is 0.0216. The highest BCUT2D eigenvalue weighted by Gasteiger charge is 2.37. The molecule has 0 radical (unpaired) electrons. The van der Waals surface area contributed by atoms with E-state index in [0.29, 0.717) is 23.3 Å². The molecule has 1 aromatic carbocycles. The summed E-state index contributed by atoms with van der Waals surface area (Å²) < 4.78 is 68.3. The molecule has 0 fully saturated rings. The molecule has 12 heteroatoms. The topological polar surface area (TPSA) is 106 Å². The summed E-state index contributed by atoms with van der Waals surface area (Å²) in [7, 11) is -4.61. The van der Waals surface area contributed by atoms with Crippen LogP contribution in [0.15, 0.2) is 59.9 Å². The fourth-order valence-electron chi connectivity index (χ4n) is 3.01. The van der Waals surface area contributed by atoms with Crippen molar-refractivity contribution in [2.75, 3.05) is 0 Å². The van der Waals surface area contributed by atoms with E-state index < -0.39 is 38.6 Å². The Morgan fingerprint density at radius 1 is 1.12 bits per heavy atom. The van der Waals surface area contributed by atoms with Crippen LogP contribution < -0.4 is 10.0 Å². The van der Waals surface area contributed by atoms with Gasteiger partial charge in [-0.2, -0.15) is 17.9 Å². The first kappa shape index (κ1) is 23.4. The van der Waals surface area contributed by atoms with E-state index in [9.17, 15) is 26.4 Å². The van der Waals surface area contributed by atoms with Crippen LogP contribution in [0.25, 0.3) is 5.82 Å². The first-order chi connectivity index (χ1) is 15.0. The number of hydrogen-bond acceptors (Lipinski definition) is 5. The molecule has 2 aromatic heterocycles. The molecule has 8 nitrogen and oxygen atoms in total. The number of aryl methyl sites for hydroxylation is 1. The Morgan fingerprint density at radius 3 is 2.50 bits per heavy atom. The maximum Gasteiger partial charge on any atom is 0.417 e. The molecule has 0 saturated carbocycles. The van der Waals surface area contributed by atoms with Gasteiger partial charge in [0.1, 0.15) is 11.6 Å². The van der Waals surface area contributed by atoms with E-state index in [4.69, 9.17) is 0 Å². The van der Waals surface area contributed by atoms with Gasteiger partial charge in [-0.25, -0.2) is 18.4 Å². The van der Waals surface area contributed by atoms with Gasteiger partial charge in [0.25, 0.3) is 0 Å². The third kappa shape index (κ3) is 5.14. The molecule has 0 unspecified atom stereocenters. The van der Waals surface area contributed by atoms with Crippen molar-refractivity contribution in [1.82, 2.24) is 24.6 Å². The van der Waals surface area contributed by atoms with Crippen molar-refractivity contribution >= 4 is 15.9 Å². The summed E-state index contributed by atoms with van der Waals surface area (Å²) >= 11 is 0. The lowest BCUT2D eigenvalue weighted by atomic mass is 10.2. The van der Waals surface area contributed by atoms with Gasteiger partial charge in [0, 0.05) is 30.7 Å². The van der Waals surface area contributed by atoms with Gasteiger partial charge in [-0.3, -0.25) is 9.36 Å². The van der Waals surface area contributed by atoms with Crippen molar-refractivity contribution in [3.05, 3.63) is 71.9 Å². The molecule has 0 bridgehead atoms. The van der Waals surface area contributed by atoms with Crippen molar-refractivity contribution in [3.63, 3.8) is 0 Å². The number of benzene rings is 1. The number of halogens is 3. The van der Waals surface area contributed by atoms with Gasteiger partial charge in [0.05, 0.1) is 16.5 Å². The molecule has 3 aromatic rings. The summed E-state index contributed by atoms with van der Waals surface area (Å²) in [5.74, 6) is 0.506. The Bertz CT molecular complexity index is 1220. The molecule has 0 spiro atoms. The number of amides is 1. The quantitative estimate of drug-likeness (QED) is 0.556. The largest absolute Gasteiger partial charge is 0.417 e. The van der Waals surface area contributed by atoms with Gasteiger partial charge < -0.3 is 5.32 Å². The number of carbonyl (C=O) groups excluding carboxylic acids is 1. The molecule has 0 saturated heterocycles. The van der Waals surface area contributed by atoms with Crippen LogP contribution in [-0.4, -0.2) is 34.9 Å². The molecule has 3 rings (SSSR count). The van der Waals surface area contributed by atoms with E-state index in [2.05, 4.69) is 15.3 Å². The van der Waals surface area contributed by atoms with Gasteiger partial charge in [-0.15, -0.1) is 0 Å². The van der Waals surface area contributed by atoms with Crippen LogP contribution in [-0.2, 0) is 27.5 Å². The molecule has 1 atom stereocenters. The smallest absolute Gasteiger partial charge is 0.351 e. The van der Waals surface area contributed by atoms with Crippen LogP contribution in [0.3, 0.4) is 0 Å². The Labute approximate surface area is 182 Å². The van der Waals surface area contributed by atoms with Crippen LogP contribution in [0.4, 0.5) is 13.2 Å². The van der Waals surface area contributed by atoms with Crippen LogP contribution in [0.5, 0.6) is 0 Å². The van der Waals surface area contributed by atoms with E-state index in [0.717, 1.165) is 12.1 Å². The van der Waals surface area contributed by atoms with Crippen molar-refractivity contribution < 1.29 is 26.4 Å². The highest BCUT2D eigenvalue weighted by Crippen LogP contribution is 2.33. The number of alkyl halides is 3. The first-order valence-electron chi connectivity index (χ1n) is 9.41. The summed E-state index contributed by atoms with van der Waals surface area (Å²) in [5.41, 5.74) is -0.671. The summed E-state index contributed by atoms with van der Waals surface area (Å²) in [5, 5.41) is 2.58. The number of aromatic nitrogens is 3. The Hall–Kier alpha value is -3.25. The highest BCUT2D eigenvalue weighted by molar-refractivity contribution is 7.89. The fourth-order valence-corrected chi connectivity index (χ4v) is 4.44. The van der Waals surface area contributed by atoms with E-state index in [-0.39, 0.29) is 6.54 Å². The standard InChI is InChI=1S/C20H20F3N5O3S/c1-13(27-32(30,31)17-8-4-3-7-16(17)20(21,22)23)19(29)26-12-15-6-5-9-25-18(15)28-11-10-24-14(28)2/h3-11,13,27H,12H2,1-2H3,(H,26,29)/t13-/m0/s1. The molecule has 170 valence electrons. The van der Waals surface area contributed by atoms with Crippen LogP contribution in [0.1, 0.15) is 23.9 Å². The molecule has 0 aliphatic carbocycles. The summed E-state index contributed by atoms with van der Waals surface area (Å²) in [6.45, 7) is 3.05. The number of rotatable bonds is 7. The summed E-state index contributed by atoms with van der Waals surface area (Å²) in [4.78, 5) is 19.9. The Balaban J connectivity index is 1.73. The molecule has 0 aliphatic rings. The Kier molecular flexibility index (Phi) is 6.65. The predicted molar refractivity (Wildman–Crippen MR) is 109 cm³/mol. The lowest BCUT2D eigenvalue weighted by Crippen LogP contribution is -2.44. The zero-order valence-electron chi connectivity index (χ0n) is 17.1. The Morgan fingerprint density at radius 2 is 1.84 bits per heavy atom. The monoisotopic (exact) mass is 467 g/mol. The first-order valence-corrected chi connectivity index (χ1v) is 10.9. The molecular formula is C20H20F3N5O3S. The number of imidazole rings is 1. The average molecular weight is 467 g/mol. The van der Waals surface area contributed by atoms with Gasteiger partial charge in [-0.05, 0) is 32.0 Å². The average Bonchev–Trinajstić information content (AvgIpc) is 3.17. The predicted octanol–water partition coefficient (Wildman–Crippen LogP) is 2.58. The second-order valence-electron chi connectivity index (χ2n) is 6.89. The SMILES string of the molecule is Cc1nccn1-c1ncccc1CNC(=O)[C@H](C)NS(=O)(=O)c1ccccc1C(F)(F)F. The molecule has 0 aliphatic heterocycles. The number of hydrogen-bond donors (Lipinski definition) is 2. The third-order valence-electron chi connectivity index (χ3n) is 4.58. The number of sulfonamides is 1. The zero-order chi connectivity index (χ0) is 23.5. The van der Waals surface area contributed by atoms with Crippen LogP contribution in [0.2, 0.25) is 0 Å². The van der Waals surface area contributed by atoms with Gasteiger partial charge in [-0.1, -0.05) is 18.2 Å². The van der Waals surface area contributed by atoms with E-state index in [1.807, 2.05) is 4.72 Å². The van der Waals surface area contributed by atoms with Crippen LogP contribution in [0, 0.1) is 6.92 Å². The molecular weight excluding hydrogens is 447 g/mol. The maximum atomic E-state index is 13.2. The minimum Gasteiger partial charge on any atom is -0.351 e. The summed E-state index contributed by atoms with van der Waals surface area (Å²) in [6, 6.07) is 5.86. The number of pyridine rings is 1. The molecule has 2 N–H and O–H groups in total. The van der Waals surface area contributed by atoms with E-state index >= 15 is 0 Å². The minimum atomic E-state index is -4.86. The van der Waals surface area contributed by atoms with Gasteiger partial charge >= 0.3 is 6.18 Å². The molecule has 32 heavy (non-hydrogen) atoms. The van der Waals surface area contributed by atoms with E-state index in [1.54, 1.807) is 42.2 Å². The van der Waals surface area contributed by atoms with Gasteiger partial charge in [0.15, 0.2) is 0 Å². The van der Waals surface area contributed by atoms with E-state index in [1.165, 1.54) is 13.0 Å². The third-order valence-corrected chi connectivity index (χ3v) is 6.18. The number of nitrogens with one attached hydrogen (secondary N) is 2. The van der Waals surface area contributed by atoms with Crippen molar-refractivity contribution in [1.29, 1.82) is 0 Å². The van der Waals surface area contributed by atoms with Gasteiger partial charge in [0.2, 0.25) is 15.9 Å². The minimum absolute atomic E-state index is 0.0187. The molecule has 2 heterocycles. The normalized spacial score (nSPS) is 13.0. The van der Waals surface area contributed by atoms with Crippen LogP contribution >= 0.6 is 0 Å². The molecule has 1 amide bonds.